The Morgan fingerprint density at radius 2 is 2.24 bits per heavy atom. The molecular formula is C11H9FIN3O. The fourth-order valence-corrected chi connectivity index (χ4v) is 1.90. The fraction of sp³-hybridized carbons (Fsp3) is 0.0909. The standard InChI is InChI=1S/C11H9FIN3O/c12-8-1-2-10(14)7(3-8)5-16-6-15-4-9(13)11(16)17/h1-4,6H,5,14H2. The van der Waals surface area contributed by atoms with E-state index in [9.17, 15) is 9.18 Å². The Morgan fingerprint density at radius 3 is 3.00 bits per heavy atom. The van der Waals surface area contributed by atoms with Crippen LogP contribution >= 0.6 is 22.6 Å². The summed E-state index contributed by atoms with van der Waals surface area (Å²) in [6.45, 7) is 0.215. The van der Waals surface area contributed by atoms with E-state index in [0.29, 0.717) is 14.8 Å². The average Bonchev–Trinajstić information content (AvgIpc) is 2.30. The summed E-state index contributed by atoms with van der Waals surface area (Å²) in [6, 6.07) is 4.09. The number of nitrogens with zero attached hydrogens (tertiary/aromatic N) is 2. The summed E-state index contributed by atoms with van der Waals surface area (Å²) in [7, 11) is 0. The molecule has 0 unspecified atom stereocenters. The molecule has 4 nitrogen and oxygen atoms in total. The highest BCUT2D eigenvalue weighted by atomic mass is 127. The molecule has 2 N–H and O–H groups in total. The smallest absolute Gasteiger partial charge is 0.267 e. The van der Waals surface area contributed by atoms with Crippen LogP contribution in [0.25, 0.3) is 0 Å². The lowest BCUT2D eigenvalue weighted by molar-refractivity contribution is 0.622. The zero-order valence-electron chi connectivity index (χ0n) is 8.73. The highest BCUT2D eigenvalue weighted by molar-refractivity contribution is 14.1. The lowest BCUT2D eigenvalue weighted by Crippen LogP contribution is -2.23. The molecule has 2 rings (SSSR count). The number of benzene rings is 1. The molecule has 88 valence electrons. The van der Waals surface area contributed by atoms with Gasteiger partial charge in [-0.25, -0.2) is 9.37 Å². The minimum Gasteiger partial charge on any atom is -0.398 e. The predicted molar refractivity (Wildman–Crippen MR) is 71.1 cm³/mol. The molecule has 0 aliphatic carbocycles. The molecule has 0 fully saturated rings. The first kappa shape index (κ1) is 12.0. The van der Waals surface area contributed by atoms with Crippen LogP contribution in [0.2, 0.25) is 0 Å². The molecule has 2 aromatic rings. The van der Waals surface area contributed by atoms with E-state index >= 15 is 0 Å². The van der Waals surface area contributed by atoms with Gasteiger partial charge >= 0.3 is 0 Å². The number of anilines is 1. The van der Waals surface area contributed by atoms with Crippen molar-refractivity contribution in [3.8, 4) is 0 Å². The van der Waals surface area contributed by atoms with Crippen molar-refractivity contribution in [2.75, 3.05) is 5.73 Å². The molecule has 6 heteroatoms. The molecule has 0 spiro atoms. The van der Waals surface area contributed by atoms with Gasteiger partial charge in [-0.3, -0.25) is 9.36 Å². The van der Waals surface area contributed by atoms with Crippen molar-refractivity contribution in [3.05, 3.63) is 56.0 Å². The Balaban J connectivity index is 2.41. The van der Waals surface area contributed by atoms with Gasteiger partial charge in [0, 0.05) is 11.9 Å². The number of hydrogen-bond donors (Lipinski definition) is 1. The van der Waals surface area contributed by atoms with Crippen LogP contribution in [0.4, 0.5) is 10.1 Å². The van der Waals surface area contributed by atoms with Gasteiger partial charge in [-0.2, -0.15) is 0 Å². The van der Waals surface area contributed by atoms with Crippen LogP contribution in [-0.2, 0) is 6.54 Å². The molecule has 0 aliphatic heterocycles. The minimum absolute atomic E-state index is 0.163. The molecule has 1 aromatic heterocycles. The van der Waals surface area contributed by atoms with Gasteiger partial charge in [-0.15, -0.1) is 0 Å². The maximum atomic E-state index is 13.1. The Bertz CT molecular complexity index is 612. The third-order valence-corrected chi connectivity index (χ3v) is 3.04. The van der Waals surface area contributed by atoms with E-state index in [1.54, 1.807) is 0 Å². The van der Waals surface area contributed by atoms with E-state index in [1.807, 2.05) is 22.6 Å². The lowest BCUT2D eigenvalue weighted by Gasteiger charge is -2.08. The van der Waals surface area contributed by atoms with E-state index in [2.05, 4.69) is 4.98 Å². The maximum Gasteiger partial charge on any atom is 0.267 e. The Kier molecular flexibility index (Phi) is 3.41. The number of halogens is 2. The molecule has 17 heavy (non-hydrogen) atoms. The first-order chi connectivity index (χ1) is 8.08. The Hall–Kier alpha value is -1.44. The number of hydrogen-bond acceptors (Lipinski definition) is 3. The molecule has 0 saturated carbocycles. The van der Waals surface area contributed by atoms with Gasteiger partial charge in [0.05, 0.1) is 16.4 Å². The molecule has 1 heterocycles. The second kappa shape index (κ2) is 4.82. The Morgan fingerprint density at radius 1 is 1.47 bits per heavy atom. The summed E-state index contributed by atoms with van der Waals surface area (Å²) in [6.07, 6.45) is 2.89. The predicted octanol–water partition coefficient (Wildman–Crippen LogP) is 1.62. The zero-order chi connectivity index (χ0) is 12.4. The van der Waals surface area contributed by atoms with E-state index in [-0.39, 0.29) is 17.9 Å². The molecule has 0 bridgehead atoms. The van der Waals surface area contributed by atoms with Crippen LogP contribution in [0.1, 0.15) is 5.56 Å². The van der Waals surface area contributed by atoms with Crippen molar-refractivity contribution < 1.29 is 4.39 Å². The Labute approximate surface area is 110 Å². The minimum atomic E-state index is -0.374. The summed E-state index contributed by atoms with van der Waals surface area (Å²) in [5, 5.41) is 0. The van der Waals surface area contributed by atoms with E-state index in [0.717, 1.165) is 0 Å². The molecule has 1 aromatic carbocycles. The van der Waals surface area contributed by atoms with Crippen LogP contribution in [0.5, 0.6) is 0 Å². The lowest BCUT2D eigenvalue weighted by atomic mass is 10.2. The van der Waals surface area contributed by atoms with Crippen LogP contribution < -0.4 is 11.3 Å². The van der Waals surface area contributed by atoms with E-state index in [4.69, 9.17) is 5.73 Å². The van der Waals surface area contributed by atoms with Crippen LogP contribution in [-0.4, -0.2) is 9.55 Å². The second-order valence-corrected chi connectivity index (χ2v) is 4.68. The summed E-state index contributed by atoms with van der Waals surface area (Å²) in [5.74, 6) is -0.374. The number of nitrogen functional groups attached to an aromatic ring is 1. The molecule has 0 amide bonds. The second-order valence-electron chi connectivity index (χ2n) is 3.52. The highest BCUT2D eigenvalue weighted by Gasteiger charge is 2.05. The number of rotatable bonds is 2. The highest BCUT2D eigenvalue weighted by Crippen LogP contribution is 2.14. The first-order valence-corrected chi connectivity index (χ1v) is 5.89. The van der Waals surface area contributed by atoms with Gasteiger partial charge < -0.3 is 5.73 Å². The molecule has 0 saturated heterocycles. The van der Waals surface area contributed by atoms with E-state index < -0.39 is 0 Å². The van der Waals surface area contributed by atoms with Crippen molar-refractivity contribution in [1.29, 1.82) is 0 Å². The average molecular weight is 345 g/mol. The van der Waals surface area contributed by atoms with Crippen LogP contribution in [0.3, 0.4) is 0 Å². The molecule has 0 atom stereocenters. The van der Waals surface area contributed by atoms with Gasteiger partial charge in [0.25, 0.3) is 5.56 Å². The van der Waals surface area contributed by atoms with Gasteiger partial charge in [-0.1, -0.05) is 0 Å². The quantitative estimate of drug-likeness (QED) is 0.665. The molecule has 0 aliphatic rings. The monoisotopic (exact) mass is 345 g/mol. The van der Waals surface area contributed by atoms with Gasteiger partial charge in [0.1, 0.15) is 5.82 Å². The molecular weight excluding hydrogens is 336 g/mol. The van der Waals surface area contributed by atoms with Gasteiger partial charge in [-0.05, 0) is 46.4 Å². The van der Waals surface area contributed by atoms with Gasteiger partial charge in [0.15, 0.2) is 0 Å². The van der Waals surface area contributed by atoms with Crippen molar-refractivity contribution in [3.63, 3.8) is 0 Å². The normalized spacial score (nSPS) is 10.5. The van der Waals surface area contributed by atoms with Crippen molar-refractivity contribution in [2.45, 2.75) is 6.54 Å². The fourth-order valence-electron chi connectivity index (χ4n) is 1.43. The largest absolute Gasteiger partial charge is 0.398 e. The van der Waals surface area contributed by atoms with Crippen molar-refractivity contribution in [1.82, 2.24) is 9.55 Å². The summed E-state index contributed by atoms with van der Waals surface area (Å²) >= 11 is 1.91. The van der Waals surface area contributed by atoms with Crippen molar-refractivity contribution in [2.24, 2.45) is 0 Å². The molecule has 0 radical (unpaired) electrons. The third-order valence-electron chi connectivity index (χ3n) is 2.30. The van der Waals surface area contributed by atoms with Crippen molar-refractivity contribution >= 4 is 28.3 Å². The summed E-state index contributed by atoms with van der Waals surface area (Å²) in [4.78, 5) is 15.7. The number of nitrogens with two attached hydrogens (primary N) is 1. The van der Waals surface area contributed by atoms with Crippen LogP contribution in [0, 0.1) is 9.39 Å². The topological polar surface area (TPSA) is 60.9 Å². The third kappa shape index (κ3) is 2.63. The zero-order valence-corrected chi connectivity index (χ0v) is 10.9. The summed E-state index contributed by atoms with van der Waals surface area (Å²) < 4.78 is 15.0. The van der Waals surface area contributed by atoms with Crippen LogP contribution in [0.15, 0.2) is 35.5 Å². The maximum absolute atomic E-state index is 13.1. The van der Waals surface area contributed by atoms with E-state index in [1.165, 1.54) is 35.3 Å². The summed E-state index contributed by atoms with van der Waals surface area (Å²) in [5.41, 5.74) is 6.58. The first-order valence-electron chi connectivity index (χ1n) is 4.82. The van der Waals surface area contributed by atoms with Gasteiger partial charge in [0.2, 0.25) is 0 Å². The SMILES string of the molecule is Nc1ccc(F)cc1Cn1cncc(I)c1=O. The number of aromatic nitrogens is 2.